The average Bonchev–Trinajstić information content (AvgIpc) is 3.00. The number of amides is 1. The lowest BCUT2D eigenvalue weighted by Gasteiger charge is -2.15. The molecule has 1 amide bonds. The number of nitrogens with zero attached hydrogens (tertiary/aromatic N) is 1. The number of fused-ring (bicyclic) bond motifs is 1. The number of hydrogen-bond acceptors (Lipinski definition) is 5. The first-order chi connectivity index (χ1) is 13.4. The molecule has 0 atom stereocenters. The molecule has 0 unspecified atom stereocenters. The standard InChI is InChI=1S/C21H21ClN2O4/c1-12(2)27-21-16(22)9-14(10-19(21)26-4)5-8-20(25)24-15-6-7-18-17(11-15)23-13(3)28-18/h5-12H,1-4H3,(H,24,25)/b8-5+. The minimum atomic E-state index is -0.280. The molecule has 1 aromatic heterocycles. The number of methoxy groups -OCH3 is 1. The van der Waals surface area contributed by atoms with Gasteiger partial charge in [0.2, 0.25) is 5.91 Å². The Morgan fingerprint density at radius 3 is 2.79 bits per heavy atom. The largest absolute Gasteiger partial charge is 0.493 e. The molecule has 2 aromatic carbocycles. The summed E-state index contributed by atoms with van der Waals surface area (Å²) in [5.74, 6) is 1.29. The first-order valence-electron chi connectivity index (χ1n) is 8.76. The number of carbonyl (C=O) groups is 1. The van der Waals surface area contributed by atoms with E-state index in [0.29, 0.717) is 39.2 Å². The Balaban J connectivity index is 1.74. The highest BCUT2D eigenvalue weighted by molar-refractivity contribution is 6.32. The minimum Gasteiger partial charge on any atom is -0.493 e. The summed E-state index contributed by atoms with van der Waals surface area (Å²) in [4.78, 5) is 16.5. The summed E-state index contributed by atoms with van der Waals surface area (Å²) in [5, 5.41) is 3.21. The SMILES string of the molecule is COc1cc(/C=C/C(=O)Nc2ccc3oc(C)nc3c2)cc(Cl)c1OC(C)C. The summed E-state index contributed by atoms with van der Waals surface area (Å²) in [6.45, 7) is 5.59. The molecule has 0 saturated carbocycles. The van der Waals surface area contributed by atoms with Crippen LogP contribution in [-0.4, -0.2) is 24.1 Å². The van der Waals surface area contributed by atoms with E-state index >= 15 is 0 Å². The highest BCUT2D eigenvalue weighted by Gasteiger charge is 2.13. The molecule has 0 aliphatic rings. The van der Waals surface area contributed by atoms with Crippen molar-refractivity contribution in [2.45, 2.75) is 26.9 Å². The molecule has 3 aromatic rings. The van der Waals surface area contributed by atoms with Crippen LogP contribution in [0.15, 0.2) is 40.8 Å². The van der Waals surface area contributed by atoms with Crippen molar-refractivity contribution in [2.75, 3.05) is 12.4 Å². The van der Waals surface area contributed by atoms with Crippen LogP contribution in [0.5, 0.6) is 11.5 Å². The number of halogens is 1. The normalized spacial score (nSPS) is 11.4. The molecule has 1 N–H and O–H groups in total. The molecule has 146 valence electrons. The lowest BCUT2D eigenvalue weighted by atomic mass is 10.1. The van der Waals surface area contributed by atoms with Gasteiger partial charge in [0.25, 0.3) is 0 Å². The molecule has 28 heavy (non-hydrogen) atoms. The summed E-state index contributed by atoms with van der Waals surface area (Å²) in [7, 11) is 1.54. The maximum Gasteiger partial charge on any atom is 0.248 e. The predicted octanol–water partition coefficient (Wildman–Crippen LogP) is 5.24. The van der Waals surface area contributed by atoms with E-state index in [1.54, 1.807) is 50.4 Å². The van der Waals surface area contributed by atoms with E-state index in [-0.39, 0.29) is 12.0 Å². The molecule has 0 saturated heterocycles. The molecular formula is C21H21ClN2O4. The van der Waals surface area contributed by atoms with Crippen molar-refractivity contribution in [1.29, 1.82) is 0 Å². The monoisotopic (exact) mass is 400 g/mol. The maximum atomic E-state index is 12.2. The lowest BCUT2D eigenvalue weighted by molar-refractivity contribution is -0.111. The van der Waals surface area contributed by atoms with Crippen LogP contribution >= 0.6 is 11.6 Å². The van der Waals surface area contributed by atoms with Crippen LogP contribution in [0.4, 0.5) is 5.69 Å². The van der Waals surface area contributed by atoms with Gasteiger partial charge >= 0.3 is 0 Å². The van der Waals surface area contributed by atoms with Gasteiger partial charge in [-0.05, 0) is 55.8 Å². The van der Waals surface area contributed by atoms with Gasteiger partial charge in [0.05, 0.1) is 18.2 Å². The van der Waals surface area contributed by atoms with E-state index in [0.717, 1.165) is 5.56 Å². The molecule has 0 radical (unpaired) electrons. The van der Waals surface area contributed by atoms with Crippen molar-refractivity contribution in [1.82, 2.24) is 4.98 Å². The summed E-state index contributed by atoms with van der Waals surface area (Å²) >= 11 is 6.30. The summed E-state index contributed by atoms with van der Waals surface area (Å²) < 4.78 is 16.5. The fraction of sp³-hybridized carbons (Fsp3) is 0.238. The third-order valence-electron chi connectivity index (χ3n) is 3.79. The van der Waals surface area contributed by atoms with Crippen molar-refractivity contribution < 1.29 is 18.7 Å². The minimum absolute atomic E-state index is 0.0376. The van der Waals surface area contributed by atoms with Crippen LogP contribution in [0, 0.1) is 6.92 Å². The maximum absolute atomic E-state index is 12.2. The Morgan fingerprint density at radius 1 is 1.29 bits per heavy atom. The third-order valence-corrected chi connectivity index (χ3v) is 4.08. The number of aryl methyl sites for hydroxylation is 1. The summed E-state index contributed by atoms with van der Waals surface area (Å²) in [6.07, 6.45) is 3.04. The molecule has 0 bridgehead atoms. The predicted molar refractivity (Wildman–Crippen MR) is 110 cm³/mol. The van der Waals surface area contributed by atoms with Crippen LogP contribution in [0.1, 0.15) is 25.3 Å². The van der Waals surface area contributed by atoms with Crippen LogP contribution in [0.25, 0.3) is 17.2 Å². The zero-order chi connectivity index (χ0) is 20.3. The van der Waals surface area contributed by atoms with E-state index < -0.39 is 0 Å². The molecule has 7 heteroatoms. The molecule has 6 nitrogen and oxygen atoms in total. The van der Waals surface area contributed by atoms with Gasteiger partial charge in [-0.15, -0.1) is 0 Å². The van der Waals surface area contributed by atoms with Gasteiger partial charge < -0.3 is 19.2 Å². The number of anilines is 1. The number of hydrogen-bond donors (Lipinski definition) is 1. The Labute approximate surface area is 168 Å². The van der Waals surface area contributed by atoms with Crippen LogP contribution in [-0.2, 0) is 4.79 Å². The number of nitrogens with one attached hydrogen (secondary N) is 1. The second-order valence-electron chi connectivity index (χ2n) is 6.44. The van der Waals surface area contributed by atoms with E-state index in [1.165, 1.54) is 6.08 Å². The highest BCUT2D eigenvalue weighted by Crippen LogP contribution is 2.37. The number of benzene rings is 2. The van der Waals surface area contributed by atoms with E-state index in [1.807, 2.05) is 13.8 Å². The molecule has 0 aliphatic heterocycles. The van der Waals surface area contributed by atoms with Gasteiger partial charge in [-0.2, -0.15) is 0 Å². The third kappa shape index (κ3) is 4.64. The van der Waals surface area contributed by atoms with E-state index in [2.05, 4.69) is 10.3 Å². The van der Waals surface area contributed by atoms with Gasteiger partial charge in [0, 0.05) is 18.7 Å². The Hall–Kier alpha value is -2.99. The zero-order valence-corrected chi connectivity index (χ0v) is 16.8. The number of rotatable bonds is 6. The molecule has 1 heterocycles. The highest BCUT2D eigenvalue weighted by atomic mass is 35.5. The molecule has 0 fully saturated rings. The van der Waals surface area contributed by atoms with Gasteiger partial charge in [-0.3, -0.25) is 4.79 Å². The van der Waals surface area contributed by atoms with Gasteiger partial charge in [-0.25, -0.2) is 4.98 Å². The first kappa shape index (κ1) is 19.8. The Morgan fingerprint density at radius 2 is 2.07 bits per heavy atom. The lowest BCUT2D eigenvalue weighted by Crippen LogP contribution is -2.08. The quantitative estimate of drug-likeness (QED) is 0.573. The fourth-order valence-corrected chi connectivity index (χ4v) is 2.93. The molecule has 0 spiro atoms. The van der Waals surface area contributed by atoms with Crippen molar-refractivity contribution in [3.63, 3.8) is 0 Å². The van der Waals surface area contributed by atoms with Crippen LogP contribution in [0.3, 0.4) is 0 Å². The van der Waals surface area contributed by atoms with E-state index in [9.17, 15) is 4.79 Å². The van der Waals surface area contributed by atoms with Crippen molar-refractivity contribution in [2.24, 2.45) is 0 Å². The van der Waals surface area contributed by atoms with Crippen LogP contribution in [0.2, 0.25) is 5.02 Å². The van der Waals surface area contributed by atoms with Gasteiger partial charge in [0.15, 0.2) is 23.0 Å². The number of oxazole rings is 1. The second kappa shape index (κ2) is 8.35. The first-order valence-corrected chi connectivity index (χ1v) is 9.14. The van der Waals surface area contributed by atoms with E-state index in [4.69, 9.17) is 25.5 Å². The molecule has 0 aliphatic carbocycles. The number of carbonyl (C=O) groups excluding carboxylic acids is 1. The van der Waals surface area contributed by atoms with Crippen molar-refractivity contribution in [3.05, 3.63) is 52.9 Å². The van der Waals surface area contributed by atoms with Crippen LogP contribution < -0.4 is 14.8 Å². The summed E-state index contributed by atoms with van der Waals surface area (Å²) in [6, 6.07) is 8.77. The van der Waals surface area contributed by atoms with Gasteiger partial charge in [0.1, 0.15) is 5.52 Å². The molecular weight excluding hydrogens is 380 g/mol. The fourth-order valence-electron chi connectivity index (χ4n) is 2.66. The van der Waals surface area contributed by atoms with Crippen molar-refractivity contribution in [3.8, 4) is 11.5 Å². The second-order valence-corrected chi connectivity index (χ2v) is 6.85. The van der Waals surface area contributed by atoms with Crippen molar-refractivity contribution >= 4 is 40.4 Å². The smallest absolute Gasteiger partial charge is 0.248 e. The number of aromatic nitrogens is 1. The van der Waals surface area contributed by atoms with Gasteiger partial charge in [-0.1, -0.05) is 11.6 Å². The summed E-state index contributed by atoms with van der Waals surface area (Å²) in [5.41, 5.74) is 2.72. The zero-order valence-electron chi connectivity index (χ0n) is 16.1. The Kier molecular flexibility index (Phi) is 5.90. The topological polar surface area (TPSA) is 73.6 Å². The Bertz CT molecular complexity index is 1040. The average molecular weight is 401 g/mol. The molecule has 3 rings (SSSR count). The number of ether oxygens (including phenoxy) is 2.